The first kappa shape index (κ1) is 18.9. The molecule has 1 atom stereocenters. The van der Waals surface area contributed by atoms with Crippen LogP contribution in [0.15, 0.2) is 18.2 Å². The van der Waals surface area contributed by atoms with Crippen LogP contribution < -0.4 is 10.6 Å². The number of benzene rings is 1. The molecule has 1 aromatic heterocycles. The van der Waals surface area contributed by atoms with Crippen molar-refractivity contribution < 1.29 is 19.1 Å². The van der Waals surface area contributed by atoms with Gasteiger partial charge in [0.1, 0.15) is 0 Å². The molecule has 7 heteroatoms. The van der Waals surface area contributed by atoms with Gasteiger partial charge >= 0.3 is 12.0 Å². The first-order chi connectivity index (χ1) is 12.8. The molecule has 3 N–H and O–H groups in total. The second kappa shape index (κ2) is 7.82. The first-order valence-corrected chi connectivity index (χ1v) is 9.24. The highest BCUT2D eigenvalue weighted by molar-refractivity contribution is 5.99. The molecule has 3 rings (SSSR count). The fourth-order valence-corrected chi connectivity index (χ4v) is 3.39. The molecular weight excluding hydrogens is 346 g/mol. The highest BCUT2D eigenvalue weighted by Crippen LogP contribution is 2.32. The van der Waals surface area contributed by atoms with Crippen molar-refractivity contribution in [2.24, 2.45) is 5.92 Å². The molecule has 0 spiro atoms. The fourth-order valence-electron chi connectivity index (χ4n) is 3.39. The second-order valence-electron chi connectivity index (χ2n) is 7.44. The second-order valence-corrected chi connectivity index (χ2v) is 7.44. The Kier molecular flexibility index (Phi) is 5.48. The van der Waals surface area contributed by atoms with Crippen LogP contribution in [0.1, 0.15) is 48.8 Å². The van der Waals surface area contributed by atoms with Crippen molar-refractivity contribution in [3.63, 3.8) is 0 Å². The molecule has 7 nitrogen and oxygen atoms in total. The van der Waals surface area contributed by atoms with Crippen LogP contribution in [0.5, 0.6) is 0 Å². The summed E-state index contributed by atoms with van der Waals surface area (Å²) < 4.78 is 5.05. The molecule has 27 heavy (non-hydrogen) atoms. The minimum Gasteiger partial charge on any atom is -0.452 e. The monoisotopic (exact) mass is 371 g/mol. The third-order valence-electron chi connectivity index (χ3n) is 4.68. The van der Waals surface area contributed by atoms with E-state index in [1.165, 1.54) is 11.3 Å². The Balaban J connectivity index is 1.65. The van der Waals surface area contributed by atoms with Crippen molar-refractivity contribution >= 4 is 28.8 Å². The van der Waals surface area contributed by atoms with Crippen molar-refractivity contribution in [1.29, 1.82) is 0 Å². The molecular formula is C20H25N3O4. The zero-order chi connectivity index (χ0) is 19.6. The zero-order valence-corrected chi connectivity index (χ0v) is 15.8. The molecule has 2 aromatic rings. The summed E-state index contributed by atoms with van der Waals surface area (Å²) in [4.78, 5) is 38.9. The number of carbonyl (C=O) groups excluding carboxylic acids is 3. The van der Waals surface area contributed by atoms with Crippen molar-refractivity contribution in [3.8, 4) is 0 Å². The number of carbonyl (C=O) groups is 3. The van der Waals surface area contributed by atoms with Gasteiger partial charge in [-0.1, -0.05) is 6.92 Å². The topological polar surface area (TPSA) is 100 Å². The van der Waals surface area contributed by atoms with Gasteiger partial charge in [-0.05, 0) is 62.8 Å². The number of aromatic amines is 1. The molecule has 3 amide bonds. The van der Waals surface area contributed by atoms with Crippen LogP contribution in [0.2, 0.25) is 0 Å². The molecule has 1 heterocycles. The first-order valence-electron chi connectivity index (χ1n) is 9.24. The van der Waals surface area contributed by atoms with Crippen LogP contribution >= 0.6 is 0 Å². The van der Waals surface area contributed by atoms with Gasteiger partial charge in [0, 0.05) is 22.6 Å². The number of urea groups is 1. The third kappa shape index (κ3) is 4.48. The molecule has 0 radical (unpaired) electrons. The maximum Gasteiger partial charge on any atom is 0.338 e. The Labute approximate surface area is 157 Å². The van der Waals surface area contributed by atoms with Crippen molar-refractivity contribution in [1.82, 2.24) is 15.6 Å². The van der Waals surface area contributed by atoms with Gasteiger partial charge in [0.2, 0.25) is 0 Å². The van der Waals surface area contributed by atoms with Gasteiger partial charge in [0.15, 0.2) is 6.61 Å². The third-order valence-corrected chi connectivity index (χ3v) is 4.68. The van der Waals surface area contributed by atoms with E-state index in [0.29, 0.717) is 11.5 Å². The van der Waals surface area contributed by atoms with Crippen LogP contribution in [-0.4, -0.2) is 35.5 Å². The Morgan fingerprint density at radius 1 is 1.30 bits per heavy atom. The Morgan fingerprint density at radius 2 is 2.07 bits per heavy atom. The van der Waals surface area contributed by atoms with Crippen LogP contribution in [0.3, 0.4) is 0 Å². The number of nitrogens with one attached hydrogen (secondary N) is 3. The lowest BCUT2D eigenvalue weighted by molar-refractivity contribution is -0.123. The van der Waals surface area contributed by atoms with Gasteiger partial charge in [-0.25, -0.2) is 9.59 Å². The summed E-state index contributed by atoms with van der Waals surface area (Å²) >= 11 is 0. The molecule has 0 saturated heterocycles. The lowest BCUT2D eigenvalue weighted by Gasteiger charge is -2.18. The number of aromatic nitrogens is 1. The van der Waals surface area contributed by atoms with Crippen molar-refractivity contribution in [2.45, 2.75) is 46.1 Å². The minimum absolute atomic E-state index is 0.0953. The predicted molar refractivity (Wildman–Crippen MR) is 102 cm³/mol. The van der Waals surface area contributed by atoms with Crippen LogP contribution in [0, 0.1) is 5.92 Å². The fraction of sp³-hybridized carbons (Fsp3) is 0.450. The lowest BCUT2D eigenvalue weighted by atomic mass is 9.87. The number of imide groups is 1. The number of H-pyrrole nitrogens is 1. The van der Waals surface area contributed by atoms with E-state index in [-0.39, 0.29) is 6.04 Å². The van der Waals surface area contributed by atoms with Crippen LogP contribution in [0.4, 0.5) is 4.79 Å². The Hall–Kier alpha value is -2.83. The van der Waals surface area contributed by atoms with Crippen LogP contribution in [-0.2, 0) is 22.4 Å². The van der Waals surface area contributed by atoms with Crippen molar-refractivity contribution in [2.75, 3.05) is 6.61 Å². The predicted octanol–water partition coefficient (Wildman–Crippen LogP) is 2.68. The molecule has 0 saturated carbocycles. The molecule has 0 bridgehead atoms. The highest BCUT2D eigenvalue weighted by Gasteiger charge is 2.21. The standard InChI is InChI=1S/C20H25N3O4/c1-11(2)21-20(26)23-18(24)10-27-19(25)13-5-7-17-15(9-13)14-8-12(3)4-6-16(14)22-17/h5,7,9,11-12,22H,4,6,8,10H2,1-3H3,(H2,21,23,24,26)/t12-/m1/s1. The van der Waals surface area contributed by atoms with E-state index in [4.69, 9.17) is 4.74 Å². The molecule has 1 aliphatic rings. The quantitative estimate of drug-likeness (QED) is 0.719. The SMILES string of the molecule is CC(C)NC(=O)NC(=O)COC(=O)c1ccc2[nH]c3c(c2c1)C[C@H](C)CC3. The summed E-state index contributed by atoms with van der Waals surface area (Å²) in [5.74, 6) is -0.640. The van der Waals surface area contributed by atoms with Crippen LogP contribution in [0.25, 0.3) is 10.9 Å². The summed E-state index contributed by atoms with van der Waals surface area (Å²) in [5, 5.41) is 5.68. The number of fused-ring (bicyclic) bond motifs is 3. The van der Waals surface area contributed by atoms with Gasteiger partial charge in [-0.15, -0.1) is 0 Å². The lowest BCUT2D eigenvalue weighted by Crippen LogP contribution is -2.44. The number of ether oxygens (including phenoxy) is 1. The van der Waals surface area contributed by atoms with E-state index in [9.17, 15) is 14.4 Å². The number of hydrogen-bond acceptors (Lipinski definition) is 4. The molecule has 0 unspecified atom stereocenters. The summed E-state index contributed by atoms with van der Waals surface area (Å²) in [6, 6.07) is 4.65. The maximum absolute atomic E-state index is 12.3. The number of aryl methyl sites for hydroxylation is 1. The number of esters is 1. The largest absolute Gasteiger partial charge is 0.452 e. The van der Waals surface area contributed by atoms with E-state index in [0.717, 1.165) is 30.2 Å². The van der Waals surface area contributed by atoms with Gasteiger partial charge in [0.05, 0.1) is 5.56 Å². The van der Waals surface area contributed by atoms with Crippen molar-refractivity contribution in [3.05, 3.63) is 35.0 Å². The molecule has 0 aliphatic heterocycles. The van der Waals surface area contributed by atoms with Gasteiger partial charge in [0.25, 0.3) is 5.91 Å². The average Bonchev–Trinajstić information content (AvgIpc) is 2.96. The van der Waals surface area contributed by atoms with E-state index >= 15 is 0 Å². The summed E-state index contributed by atoms with van der Waals surface area (Å²) in [5.41, 5.74) is 3.90. The Morgan fingerprint density at radius 3 is 2.81 bits per heavy atom. The average molecular weight is 371 g/mol. The van der Waals surface area contributed by atoms with Gasteiger partial charge in [-0.3, -0.25) is 10.1 Å². The summed E-state index contributed by atoms with van der Waals surface area (Å²) in [6.45, 7) is 5.28. The Bertz CT molecular complexity index is 885. The number of hydrogen-bond donors (Lipinski definition) is 3. The zero-order valence-electron chi connectivity index (χ0n) is 15.8. The van der Waals surface area contributed by atoms with E-state index in [2.05, 4.69) is 22.5 Å². The molecule has 1 aliphatic carbocycles. The van der Waals surface area contributed by atoms with E-state index in [1.54, 1.807) is 19.9 Å². The molecule has 1 aromatic carbocycles. The normalized spacial score (nSPS) is 16.1. The number of amides is 3. The number of rotatable bonds is 4. The summed E-state index contributed by atoms with van der Waals surface area (Å²) in [7, 11) is 0. The van der Waals surface area contributed by atoms with E-state index in [1.807, 2.05) is 12.1 Å². The smallest absolute Gasteiger partial charge is 0.338 e. The minimum atomic E-state index is -0.671. The highest BCUT2D eigenvalue weighted by atomic mass is 16.5. The van der Waals surface area contributed by atoms with Gasteiger partial charge < -0.3 is 15.0 Å². The molecule has 0 fully saturated rings. The summed E-state index contributed by atoms with van der Waals surface area (Å²) in [6.07, 6.45) is 3.17. The van der Waals surface area contributed by atoms with Gasteiger partial charge in [-0.2, -0.15) is 0 Å². The maximum atomic E-state index is 12.3. The molecule has 144 valence electrons. The van der Waals surface area contributed by atoms with E-state index < -0.39 is 24.5 Å².